The Balaban J connectivity index is 2.29. The maximum atomic E-state index is 11.6. The van der Waals surface area contributed by atoms with Crippen LogP contribution < -0.4 is 0 Å². The number of hydrogen-bond donors (Lipinski definition) is 0. The minimum atomic E-state index is -0.316. The molecule has 2 heteroatoms. The van der Waals surface area contributed by atoms with E-state index in [4.69, 9.17) is 0 Å². The molecular weight excluding hydrogens is 200 g/mol. The second-order valence-electron chi connectivity index (χ2n) is 4.14. The van der Waals surface area contributed by atoms with Crippen LogP contribution in [0.5, 0.6) is 0 Å². The van der Waals surface area contributed by atoms with Gasteiger partial charge in [-0.15, -0.1) is 0 Å². The van der Waals surface area contributed by atoms with E-state index in [0.29, 0.717) is 12.7 Å². The second kappa shape index (κ2) is 3.27. The van der Waals surface area contributed by atoms with Crippen LogP contribution in [0.25, 0.3) is 10.8 Å². The third-order valence-electron chi connectivity index (χ3n) is 3.28. The van der Waals surface area contributed by atoms with Crippen LogP contribution in [0, 0.1) is 0 Å². The highest BCUT2D eigenvalue weighted by Gasteiger charge is 2.28. The van der Waals surface area contributed by atoms with Gasteiger partial charge in [0.1, 0.15) is 0 Å². The van der Waals surface area contributed by atoms with E-state index >= 15 is 0 Å². The molecule has 0 aromatic heterocycles. The maximum Gasteiger partial charge on any atom is 0.202 e. The molecule has 0 spiro atoms. The maximum absolute atomic E-state index is 11.6. The molecule has 16 heavy (non-hydrogen) atoms. The minimum absolute atomic E-state index is 0.265. The summed E-state index contributed by atoms with van der Waals surface area (Å²) >= 11 is 0. The topological polar surface area (TPSA) is 34.1 Å². The molecule has 0 aliphatic heterocycles. The van der Waals surface area contributed by atoms with Crippen LogP contribution in [0.1, 0.15) is 17.0 Å². The van der Waals surface area contributed by atoms with Crippen molar-refractivity contribution in [2.75, 3.05) is 0 Å². The monoisotopic (exact) mass is 210 g/mol. The number of carbonyl (C=O) groups is 2. The van der Waals surface area contributed by atoms with Crippen molar-refractivity contribution < 1.29 is 9.59 Å². The Morgan fingerprint density at radius 3 is 2.69 bits per heavy atom. The third-order valence-corrected chi connectivity index (χ3v) is 3.28. The third kappa shape index (κ3) is 1.13. The molecule has 3 rings (SSSR count). The Kier molecular flexibility index (Phi) is 1.90. The molecule has 0 N–H and O–H groups in total. The summed E-state index contributed by atoms with van der Waals surface area (Å²) in [7, 11) is 0. The zero-order chi connectivity index (χ0) is 11.1. The molecule has 2 aromatic rings. The molecule has 1 aliphatic carbocycles. The predicted molar refractivity (Wildman–Crippen MR) is 61.5 cm³/mol. The lowest BCUT2D eigenvalue weighted by Crippen LogP contribution is -2.12. The van der Waals surface area contributed by atoms with Crippen LogP contribution >= 0.6 is 0 Å². The molecule has 0 bridgehead atoms. The van der Waals surface area contributed by atoms with Gasteiger partial charge < -0.3 is 0 Å². The largest absolute Gasteiger partial charge is 0.295 e. The van der Waals surface area contributed by atoms with Gasteiger partial charge >= 0.3 is 0 Å². The zero-order valence-corrected chi connectivity index (χ0v) is 8.64. The molecule has 1 atom stereocenters. The molecule has 0 amide bonds. The summed E-state index contributed by atoms with van der Waals surface area (Å²) in [5.41, 5.74) is 2.18. The number of ketones is 1. The summed E-state index contributed by atoms with van der Waals surface area (Å²) in [6.45, 7) is 0. The van der Waals surface area contributed by atoms with Crippen molar-refractivity contribution in [2.45, 2.75) is 12.3 Å². The molecule has 78 valence electrons. The SMILES string of the molecule is O=CC(=O)C1Cc2cccc3cccc1c23. The van der Waals surface area contributed by atoms with Crippen molar-refractivity contribution in [1.29, 1.82) is 0 Å². The Morgan fingerprint density at radius 2 is 1.94 bits per heavy atom. The molecule has 1 unspecified atom stereocenters. The summed E-state index contributed by atoms with van der Waals surface area (Å²) in [5.74, 6) is -0.581. The summed E-state index contributed by atoms with van der Waals surface area (Å²) in [6, 6.07) is 12.0. The number of Topliss-reactive ketones (excluding diaryl/α,β-unsaturated/α-hetero) is 1. The van der Waals surface area contributed by atoms with Crippen LogP contribution in [0.15, 0.2) is 36.4 Å². The lowest BCUT2D eigenvalue weighted by molar-refractivity contribution is -0.130. The van der Waals surface area contributed by atoms with E-state index in [-0.39, 0.29) is 11.7 Å². The number of benzene rings is 2. The van der Waals surface area contributed by atoms with Crippen LogP contribution in [-0.4, -0.2) is 12.1 Å². The van der Waals surface area contributed by atoms with Gasteiger partial charge in [-0.3, -0.25) is 9.59 Å². The van der Waals surface area contributed by atoms with Crippen molar-refractivity contribution >= 4 is 22.8 Å². The zero-order valence-electron chi connectivity index (χ0n) is 8.64. The van der Waals surface area contributed by atoms with E-state index in [2.05, 4.69) is 0 Å². The van der Waals surface area contributed by atoms with E-state index in [0.717, 1.165) is 16.3 Å². The molecule has 0 saturated carbocycles. The van der Waals surface area contributed by atoms with Gasteiger partial charge in [0.05, 0.1) is 5.92 Å². The molecule has 0 radical (unpaired) electrons. The molecule has 1 aliphatic rings. The first-order chi connectivity index (χ1) is 7.81. The van der Waals surface area contributed by atoms with Crippen molar-refractivity contribution in [2.24, 2.45) is 0 Å². The van der Waals surface area contributed by atoms with Crippen molar-refractivity contribution in [3.63, 3.8) is 0 Å². The van der Waals surface area contributed by atoms with E-state index in [9.17, 15) is 9.59 Å². The van der Waals surface area contributed by atoms with Gasteiger partial charge in [-0.25, -0.2) is 0 Å². The van der Waals surface area contributed by atoms with Gasteiger partial charge in [0.25, 0.3) is 0 Å². The van der Waals surface area contributed by atoms with Gasteiger partial charge in [0.2, 0.25) is 5.78 Å². The number of aldehydes is 1. The highest BCUT2D eigenvalue weighted by Crippen LogP contribution is 2.38. The standard InChI is InChI=1S/C14H10O2/c15-8-13(16)12-7-10-5-1-3-9-4-2-6-11(12)14(9)10/h1-6,8,12H,7H2. The molecule has 0 fully saturated rings. The van der Waals surface area contributed by atoms with Gasteiger partial charge in [-0.2, -0.15) is 0 Å². The molecule has 2 aromatic carbocycles. The fourth-order valence-corrected chi connectivity index (χ4v) is 2.58. The fourth-order valence-electron chi connectivity index (χ4n) is 2.58. The highest BCUT2D eigenvalue weighted by atomic mass is 16.2. The average molecular weight is 210 g/mol. The Bertz CT molecular complexity index is 593. The van der Waals surface area contributed by atoms with Gasteiger partial charge in [-0.05, 0) is 28.3 Å². The number of rotatable bonds is 2. The van der Waals surface area contributed by atoms with E-state index in [1.54, 1.807) is 0 Å². The van der Waals surface area contributed by atoms with Gasteiger partial charge in [-0.1, -0.05) is 36.4 Å². The Labute approximate surface area is 92.9 Å². The first-order valence-corrected chi connectivity index (χ1v) is 5.31. The first-order valence-electron chi connectivity index (χ1n) is 5.31. The molecular formula is C14H10O2. The smallest absolute Gasteiger partial charge is 0.202 e. The van der Waals surface area contributed by atoms with E-state index in [1.807, 2.05) is 36.4 Å². The predicted octanol–water partition coefficient (Wildman–Crippen LogP) is 2.25. The number of carbonyl (C=O) groups excluding carboxylic acids is 2. The molecule has 2 nitrogen and oxygen atoms in total. The van der Waals surface area contributed by atoms with Gasteiger partial charge in [0, 0.05) is 0 Å². The lowest BCUT2D eigenvalue weighted by Gasteiger charge is -2.05. The number of hydrogen-bond acceptors (Lipinski definition) is 2. The summed E-state index contributed by atoms with van der Waals surface area (Å²) in [4.78, 5) is 22.2. The van der Waals surface area contributed by atoms with Crippen molar-refractivity contribution in [1.82, 2.24) is 0 Å². The second-order valence-corrected chi connectivity index (χ2v) is 4.14. The van der Waals surface area contributed by atoms with Crippen molar-refractivity contribution in [3.8, 4) is 0 Å². The van der Waals surface area contributed by atoms with Gasteiger partial charge in [0.15, 0.2) is 6.29 Å². The van der Waals surface area contributed by atoms with Crippen LogP contribution in [-0.2, 0) is 16.0 Å². The average Bonchev–Trinajstić information content (AvgIpc) is 2.70. The Morgan fingerprint density at radius 1 is 1.19 bits per heavy atom. The first kappa shape index (κ1) is 9.28. The minimum Gasteiger partial charge on any atom is -0.295 e. The molecule has 0 saturated heterocycles. The quantitative estimate of drug-likeness (QED) is 0.562. The summed E-state index contributed by atoms with van der Waals surface area (Å²) < 4.78 is 0. The molecule has 0 heterocycles. The summed E-state index contributed by atoms with van der Waals surface area (Å²) in [6.07, 6.45) is 1.10. The Hall–Kier alpha value is -1.96. The van der Waals surface area contributed by atoms with E-state index in [1.165, 1.54) is 5.56 Å². The normalized spacial score (nSPS) is 17.6. The van der Waals surface area contributed by atoms with Crippen LogP contribution in [0.4, 0.5) is 0 Å². The van der Waals surface area contributed by atoms with E-state index < -0.39 is 0 Å². The van der Waals surface area contributed by atoms with Crippen molar-refractivity contribution in [3.05, 3.63) is 47.5 Å². The highest BCUT2D eigenvalue weighted by molar-refractivity contribution is 6.28. The summed E-state index contributed by atoms with van der Waals surface area (Å²) in [5, 5.41) is 2.31. The fraction of sp³-hybridized carbons (Fsp3) is 0.143. The van der Waals surface area contributed by atoms with Crippen LogP contribution in [0.2, 0.25) is 0 Å². The lowest BCUT2D eigenvalue weighted by atomic mass is 9.96. The van der Waals surface area contributed by atoms with Crippen LogP contribution in [0.3, 0.4) is 0 Å².